The molecule has 0 saturated heterocycles. The molecule has 3 aromatic rings. The van der Waals surface area contributed by atoms with Crippen LogP contribution in [0.5, 0.6) is 5.75 Å². The zero-order valence-corrected chi connectivity index (χ0v) is 23.1. The Hall–Kier alpha value is -4.44. The highest BCUT2D eigenvalue weighted by molar-refractivity contribution is 6.20. The second-order valence-corrected chi connectivity index (χ2v) is 11.1. The number of hydrogen-bond donors (Lipinski definition) is 0. The van der Waals surface area contributed by atoms with E-state index in [1.54, 1.807) is 13.0 Å². The zero-order valence-electron chi connectivity index (χ0n) is 23.1. The summed E-state index contributed by atoms with van der Waals surface area (Å²) in [6, 6.07) is 15.9. The maximum atomic E-state index is 13.9. The predicted molar refractivity (Wildman–Crippen MR) is 153 cm³/mol. The molecule has 0 bridgehead atoms. The molecule has 1 aliphatic carbocycles. The average Bonchev–Trinajstić information content (AvgIpc) is 3.56. The topological polar surface area (TPSA) is 88.2 Å². The smallest absolute Gasteiger partial charge is 0.271 e. The predicted octanol–water partition coefficient (Wildman–Crippen LogP) is 6.10. The van der Waals surface area contributed by atoms with Crippen LogP contribution in [0.4, 0.5) is 0 Å². The van der Waals surface area contributed by atoms with Gasteiger partial charge in [-0.3, -0.25) is 14.5 Å². The van der Waals surface area contributed by atoms with E-state index in [1.165, 1.54) is 4.90 Å². The number of para-hydroxylation sites is 1. The normalized spacial score (nSPS) is 20.6. The molecule has 2 amide bonds. The molecule has 0 radical (unpaired) electrons. The summed E-state index contributed by atoms with van der Waals surface area (Å²) in [4.78, 5) is 28.6. The van der Waals surface area contributed by atoms with Gasteiger partial charge in [-0.1, -0.05) is 37.5 Å². The molecule has 2 aliphatic heterocycles. The lowest BCUT2D eigenvalue weighted by atomic mass is 9.88. The Morgan fingerprint density at radius 1 is 1.05 bits per heavy atom. The minimum atomic E-state index is -0.474. The van der Waals surface area contributed by atoms with E-state index < -0.39 is 5.91 Å². The first-order valence-corrected chi connectivity index (χ1v) is 14.0. The fraction of sp³-hybridized carbons (Fsp3) is 0.333. The Bertz CT molecular complexity index is 1620. The molecular formula is C33H32N4O3. The number of ether oxygens (including phenoxy) is 1. The number of aromatic nitrogens is 2. The van der Waals surface area contributed by atoms with Crippen LogP contribution in [-0.2, 0) is 16.0 Å². The van der Waals surface area contributed by atoms with E-state index in [4.69, 9.17) is 9.84 Å². The van der Waals surface area contributed by atoms with Gasteiger partial charge in [0.25, 0.3) is 11.8 Å². The van der Waals surface area contributed by atoms with Crippen molar-refractivity contribution < 1.29 is 14.3 Å². The molecule has 0 N–H and O–H groups in total. The van der Waals surface area contributed by atoms with Gasteiger partial charge < -0.3 is 4.74 Å². The SMILES string of the molecule is CC1=C(C#N)C(=O)N(C2CCCCC2)C(=O)/C1=C/c1cn(-c2ccccc2)nc1-c1cc(C)c2c(c1)CC(C)O2. The molecular weight excluding hydrogens is 500 g/mol. The van der Waals surface area contributed by atoms with Crippen LogP contribution in [0, 0.1) is 18.3 Å². The van der Waals surface area contributed by atoms with Crippen LogP contribution < -0.4 is 4.74 Å². The molecule has 1 unspecified atom stereocenters. The van der Waals surface area contributed by atoms with E-state index in [1.807, 2.05) is 48.1 Å². The number of amides is 2. The third-order valence-electron chi connectivity index (χ3n) is 8.23. The van der Waals surface area contributed by atoms with E-state index in [9.17, 15) is 14.9 Å². The van der Waals surface area contributed by atoms with Gasteiger partial charge in [0, 0.05) is 35.4 Å². The summed E-state index contributed by atoms with van der Waals surface area (Å²) in [5.74, 6) is 0.122. The quantitative estimate of drug-likeness (QED) is 0.299. The second kappa shape index (κ2) is 10.3. The molecule has 0 spiro atoms. The van der Waals surface area contributed by atoms with Crippen molar-refractivity contribution in [2.24, 2.45) is 0 Å². The van der Waals surface area contributed by atoms with E-state index >= 15 is 0 Å². The summed E-state index contributed by atoms with van der Waals surface area (Å²) >= 11 is 0. The average molecular weight is 533 g/mol. The summed E-state index contributed by atoms with van der Waals surface area (Å²) in [7, 11) is 0. The molecule has 202 valence electrons. The highest BCUT2D eigenvalue weighted by Gasteiger charge is 2.40. The Morgan fingerprint density at radius 3 is 2.52 bits per heavy atom. The molecule has 7 heteroatoms. The maximum Gasteiger partial charge on any atom is 0.271 e. The third kappa shape index (κ3) is 4.44. The number of rotatable bonds is 4. The van der Waals surface area contributed by atoms with Gasteiger partial charge in [-0.05, 0) is 80.7 Å². The van der Waals surface area contributed by atoms with Crippen LogP contribution in [0.25, 0.3) is 23.0 Å². The van der Waals surface area contributed by atoms with Gasteiger partial charge in [0.05, 0.1) is 11.4 Å². The number of nitrogens with zero attached hydrogens (tertiary/aromatic N) is 4. The van der Waals surface area contributed by atoms with Crippen molar-refractivity contribution >= 4 is 17.9 Å². The fourth-order valence-corrected chi connectivity index (χ4v) is 6.21. The molecule has 2 aromatic carbocycles. The summed E-state index contributed by atoms with van der Waals surface area (Å²) in [5.41, 5.74) is 6.28. The van der Waals surface area contributed by atoms with Gasteiger partial charge in [-0.25, -0.2) is 4.68 Å². The lowest BCUT2D eigenvalue weighted by Crippen LogP contribution is -2.49. The molecule has 1 aromatic heterocycles. The van der Waals surface area contributed by atoms with Gasteiger partial charge >= 0.3 is 0 Å². The first-order chi connectivity index (χ1) is 19.4. The van der Waals surface area contributed by atoms with Crippen LogP contribution >= 0.6 is 0 Å². The van der Waals surface area contributed by atoms with Crippen LogP contribution in [0.2, 0.25) is 0 Å². The molecule has 1 saturated carbocycles. The van der Waals surface area contributed by atoms with E-state index in [2.05, 4.69) is 25.1 Å². The molecule has 1 atom stereocenters. The Balaban J connectivity index is 1.52. The van der Waals surface area contributed by atoms with Crippen LogP contribution in [0.3, 0.4) is 0 Å². The van der Waals surface area contributed by atoms with Crippen molar-refractivity contribution in [3.05, 3.63) is 82.1 Å². The van der Waals surface area contributed by atoms with Crippen LogP contribution in [0.15, 0.2) is 65.4 Å². The van der Waals surface area contributed by atoms with Gasteiger partial charge in [0.2, 0.25) is 0 Å². The largest absolute Gasteiger partial charge is 0.490 e. The number of carbonyl (C=O) groups is 2. The number of benzene rings is 2. The monoisotopic (exact) mass is 532 g/mol. The first-order valence-electron chi connectivity index (χ1n) is 14.0. The van der Waals surface area contributed by atoms with Gasteiger partial charge in [0.15, 0.2) is 0 Å². The van der Waals surface area contributed by atoms with E-state index in [0.29, 0.717) is 11.1 Å². The number of imide groups is 1. The van der Waals surface area contributed by atoms with E-state index in [0.717, 1.165) is 77.9 Å². The highest BCUT2D eigenvalue weighted by Crippen LogP contribution is 2.38. The fourth-order valence-electron chi connectivity index (χ4n) is 6.21. The van der Waals surface area contributed by atoms with Gasteiger partial charge in [-0.2, -0.15) is 10.4 Å². The van der Waals surface area contributed by atoms with Crippen molar-refractivity contribution in [2.45, 2.75) is 71.4 Å². The highest BCUT2D eigenvalue weighted by atomic mass is 16.5. The minimum absolute atomic E-state index is 0.0351. The summed E-state index contributed by atoms with van der Waals surface area (Å²) in [5, 5.41) is 14.9. The zero-order chi connectivity index (χ0) is 28.0. The Kier molecular flexibility index (Phi) is 6.63. The first kappa shape index (κ1) is 25.8. The Labute approximate surface area is 234 Å². The minimum Gasteiger partial charge on any atom is -0.490 e. The molecule has 3 heterocycles. The van der Waals surface area contributed by atoms with Crippen molar-refractivity contribution in [1.29, 1.82) is 5.26 Å². The van der Waals surface area contributed by atoms with Crippen LogP contribution in [0.1, 0.15) is 62.6 Å². The van der Waals surface area contributed by atoms with Crippen molar-refractivity contribution in [3.63, 3.8) is 0 Å². The number of hydrogen-bond acceptors (Lipinski definition) is 5. The lowest BCUT2D eigenvalue weighted by molar-refractivity contribution is -0.143. The van der Waals surface area contributed by atoms with Crippen molar-refractivity contribution in [1.82, 2.24) is 14.7 Å². The second-order valence-electron chi connectivity index (χ2n) is 11.1. The molecule has 1 fully saturated rings. The molecule has 3 aliphatic rings. The Morgan fingerprint density at radius 2 is 1.80 bits per heavy atom. The maximum absolute atomic E-state index is 13.9. The number of aryl methyl sites for hydroxylation is 1. The van der Waals surface area contributed by atoms with Gasteiger partial charge in [-0.15, -0.1) is 0 Å². The lowest BCUT2D eigenvalue weighted by Gasteiger charge is -2.36. The molecule has 6 rings (SSSR count). The van der Waals surface area contributed by atoms with Crippen molar-refractivity contribution in [2.75, 3.05) is 0 Å². The number of fused-ring (bicyclic) bond motifs is 1. The van der Waals surface area contributed by atoms with Crippen molar-refractivity contribution in [3.8, 4) is 28.8 Å². The van der Waals surface area contributed by atoms with E-state index in [-0.39, 0.29) is 23.6 Å². The standard InChI is InChI=1S/C33H32N4O3/c1-20-14-23(16-24-15-21(2)40-31(20)24)30-25(19-36(35-30)26-10-6-4-7-11-26)17-28-22(3)29(18-34)33(39)37(32(28)38)27-12-8-5-9-13-27/h4,6-7,10-11,14,16-17,19,21,27H,5,8-9,12-13,15H2,1-3H3/b28-17+. The van der Waals surface area contributed by atoms with Crippen LogP contribution in [-0.4, -0.2) is 38.6 Å². The molecule has 7 nitrogen and oxygen atoms in total. The van der Waals surface area contributed by atoms with Gasteiger partial charge in [0.1, 0.15) is 23.5 Å². The third-order valence-corrected chi connectivity index (χ3v) is 8.23. The summed E-state index contributed by atoms with van der Waals surface area (Å²) in [6.45, 7) is 5.80. The molecule has 40 heavy (non-hydrogen) atoms. The summed E-state index contributed by atoms with van der Waals surface area (Å²) < 4.78 is 7.84. The summed E-state index contributed by atoms with van der Waals surface area (Å²) in [6.07, 6.45) is 9.24. The number of nitriles is 1. The number of carbonyl (C=O) groups excluding carboxylic acids is 2.